The van der Waals surface area contributed by atoms with E-state index in [9.17, 15) is 9.59 Å². The van der Waals surface area contributed by atoms with Gasteiger partial charge in [-0.25, -0.2) is 9.50 Å². The van der Waals surface area contributed by atoms with E-state index in [-0.39, 0.29) is 23.6 Å². The first kappa shape index (κ1) is 21.4. The van der Waals surface area contributed by atoms with Crippen LogP contribution < -0.4 is 21.5 Å². The summed E-state index contributed by atoms with van der Waals surface area (Å²) < 4.78 is 8.80. The highest BCUT2D eigenvalue weighted by molar-refractivity contribution is 5.94. The molecule has 0 radical (unpaired) electrons. The molecule has 1 saturated carbocycles. The molecule has 6 rings (SSSR count). The average Bonchev–Trinajstić information content (AvgIpc) is 3.47. The van der Waals surface area contributed by atoms with Gasteiger partial charge in [0, 0.05) is 31.6 Å². The van der Waals surface area contributed by atoms with Crippen molar-refractivity contribution in [2.45, 2.75) is 25.0 Å². The molecule has 1 aliphatic carbocycles. The number of benzene rings is 1. The van der Waals surface area contributed by atoms with Crippen LogP contribution in [0.4, 0.5) is 17.2 Å². The number of amides is 1. The normalized spacial score (nSPS) is 20.8. The second-order valence-corrected chi connectivity index (χ2v) is 8.83. The number of imidazole rings is 1. The average molecular weight is 472 g/mol. The fourth-order valence-electron chi connectivity index (χ4n) is 4.89. The highest BCUT2D eigenvalue weighted by atomic mass is 16.5. The number of anilines is 3. The number of ether oxygens (including phenoxy) is 1. The molecule has 1 saturated heterocycles. The number of hydrogen-bond acceptors (Lipinski definition) is 7. The predicted molar refractivity (Wildman–Crippen MR) is 132 cm³/mol. The van der Waals surface area contributed by atoms with Crippen LogP contribution in [0.3, 0.4) is 0 Å². The van der Waals surface area contributed by atoms with Crippen LogP contribution >= 0.6 is 0 Å². The Bertz CT molecular complexity index is 1460. The Kier molecular flexibility index (Phi) is 5.22. The van der Waals surface area contributed by atoms with Crippen LogP contribution in [0.2, 0.25) is 0 Å². The topological polar surface area (TPSA) is 115 Å². The maximum absolute atomic E-state index is 13.1. The van der Waals surface area contributed by atoms with E-state index in [1.807, 2.05) is 30.3 Å². The van der Waals surface area contributed by atoms with Gasteiger partial charge in [0.05, 0.1) is 24.0 Å². The van der Waals surface area contributed by atoms with Gasteiger partial charge in [0.25, 0.3) is 11.5 Å². The van der Waals surface area contributed by atoms with E-state index >= 15 is 0 Å². The largest absolute Gasteiger partial charge is 0.385 e. The van der Waals surface area contributed by atoms with Crippen molar-refractivity contribution in [2.75, 3.05) is 24.3 Å². The summed E-state index contributed by atoms with van der Waals surface area (Å²) in [5.74, 6) is 0.687. The molecule has 1 amide bonds. The summed E-state index contributed by atoms with van der Waals surface area (Å²) in [4.78, 5) is 30.6. The van der Waals surface area contributed by atoms with Gasteiger partial charge in [-0.15, -0.1) is 5.10 Å². The van der Waals surface area contributed by atoms with Crippen LogP contribution in [0.15, 0.2) is 65.7 Å². The number of hydrogen-bond donors (Lipinski definition) is 3. The number of carbonyl (C=O) groups is 1. The standard InChI is InChI=1S/C25H25N7O3/c1-26-19-13-21(28-17-8-5-10-31(25(17)34)16-6-3-2-4-7-16)30-32-20(14-27-23(19)32)24(33)29-18-12-15-9-11-35-22(15)18/h2-8,10,13-15,18,22,26H,9,11-12H2,1H3,(H,28,30)(H,29,33)/t15-,18-,22-/m1/s1. The number of nitrogens with one attached hydrogen (secondary N) is 3. The molecule has 0 bridgehead atoms. The Morgan fingerprint density at radius 2 is 2.00 bits per heavy atom. The van der Waals surface area contributed by atoms with Crippen molar-refractivity contribution in [2.24, 2.45) is 5.92 Å². The lowest BCUT2D eigenvalue weighted by Gasteiger charge is -2.39. The quantitative estimate of drug-likeness (QED) is 0.396. The van der Waals surface area contributed by atoms with Crippen LogP contribution in [-0.4, -0.2) is 50.9 Å². The first-order chi connectivity index (χ1) is 17.1. The van der Waals surface area contributed by atoms with Crippen molar-refractivity contribution in [3.8, 4) is 5.69 Å². The number of nitrogens with zero attached hydrogens (tertiary/aromatic N) is 4. The summed E-state index contributed by atoms with van der Waals surface area (Å²) >= 11 is 0. The minimum absolute atomic E-state index is 0.00593. The molecule has 0 unspecified atom stereocenters. The second-order valence-electron chi connectivity index (χ2n) is 8.83. The van der Waals surface area contributed by atoms with Gasteiger partial charge in [0.1, 0.15) is 5.69 Å². The summed E-state index contributed by atoms with van der Waals surface area (Å²) in [6.07, 6.45) is 5.31. The Labute approximate surface area is 200 Å². The Morgan fingerprint density at radius 3 is 2.80 bits per heavy atom. The van der Waals surface area contributed by atoms with Crippen molar-refractivity contribution in [3.63, 3.8) is 0 Å². The third-order valence-electron chi connectivity index (χ3n) is 6.75. The molecule has 2 fully saturated rings. The van der Waals surface area contributed by atoms with Gasteiger partial charge in [-0.05, 0) is 43.0 Å². The van der Waals surface area contributed by atoms with Crippen molar-refractivity contribution in [1.29, 1.82) is 0 Å². The fourth-order valence-corrected chi connectivity index (χ4v) is 4.89. The number of carbonyl (C=O) groups excluding carboxylic acids is 1. The van der Waals surface area contributed by atoms with E-state index in [0.717, 1.165) is 25.1 Å². The van der Waals surface area contributed by atoms with Gasteiger partial charge < -0.3 is 20.7 Å². The Morgan fingerprint density at radius 1 is 1.14 bits per heavy atom. The lowest BCUT2D eigenvalue weighted by Crippen LogP contribution is -2.54. The summed E-state index contributed by atoms with van der Waals surface area (Å²) in [6, 6.07) is 14.6. The Balaban J connectivity index is 1.31. The zero-order valence-corrected chi connectivity index (χ0v) is 19.1. The molecule has 4 heterocycles. The summed E-state index contributed by atoms with van der Waals surface area (Å²) in [5, 5.41) is 13.9. The molecule has 3 atom stereocenters. The van der Waals surface area contributed by atoms with Crippen molar-refractivity contribution >= 4 is 28.7 Å². The molecule has 10 heteroatoms. The number of fused-ring (bicyclic) bond motifs is 2. The first-order valence-corrected chi connectivity index (χ1v) is 11.7. The van der Waals surface area contributed by atoms with Gasteiger partial charge in [0.15, 0.2) is 17.2 Å². The van der Waals surface area contributed by atoms with Gasteiger partial charge in [0.2, 0.25) is 0 Å². The molecule has 3 N–H and O–H groups in total. The van der Waals surface area contributed by atoms with E-state index in [2.05, 4.69) is 26.0 Å². The van der Waals surface area contributed by atoms with Gasteiger partial charge >= 0.3 is 0 Å². The smallest absolute Gasteiger partial charge is 0.278 e. The molecule has 1 aromatic carbocycles. The number of aromatic nitrogens is 4. The molecule has 4 aromatic rings. The Hall–Kier alpha value is -4.18. The van der Waals surface area contributed by atoms with E-state index in [0.29, 0.717) is 34.5 Å². The second kappa shape index (κ2) is 8.55. The third kappa shape index (κ3) is 3.71. The minimum atomic E-state index is -0.255. The zero-order chi connectivity index (χ0) is 23.9. The van der Waals surface area contributed by atoms with Crippen LogP contribution in [0, 0.1) is 5.92 Å². The van der Waals surface area contributed by atoms with E-state index in [1.165, 1.54) is 10.7 Å². The van der Waals surface area contributed by atoms with Crippen molar-refractivity contribution in [1.82, 2.24) is 24.5 Å². The van der Waals surface area contributed by atoms with E-state index in [1.54, 1.807) is 36.0 Å². The lowest BCUT2D eigenvalue weighted by molar-refractivity contribution is -0.000686. The highest BCUT2D eigenvalue weighted by Gasteiger charge is 2.46. The van der Waals surface area contributed by atoms with Crippen LogP contribution in [-0.2, 0) is 4.74 Å². The molecule has 3 aromatic heterocycles. The van der Waals surface area contributed by atoms with E-state index in [4.69, 9.17) is 4.74 Å². The predicted octanol–water partition coefficient (Wildman–Crippen LogP) is 2.57. The minimum Gasteiger partial charge on any atom is -0.385 e. The van der Waals surface area contributed by atoms with Gasteiger partial charge in [-0.3, -0.25) is 14.2 Å². The maximum Gasteiger partial charge on any atom is 0.278 e. The maximum atomic E-state index is 13.1. The molecule has 35 heavy (non-hydrogen) atoms. The fraction of sp³-hybridized carbons (Fsp3) is 0.280. The molecule has 0 spiro atoms. The highest BCUT2D eigenvalue weighted by Crippen LogP contribution is 2.38. The number of para-hydroxylation sites is 1. The van der Waals surface area contributed by atoms with Crippen LogP contribution in [0.5, 0.6) is 0 Å². The van der Waals surface area contributed by atoms with Gasteiger partial charge in [-0.2, -0.15) is 0 Å². The first-order valence-electron chi connectivity index (χ1n) is 11.7. The summed E-state index contributed by atoms with van der Waals surface area (Å²) in [5.41, 5.74) is 2.40. The SMILES string of the molecule is CNc1cc(Nc2cccn(-c3ccccc3)c2=O)nn2c(C(=O)N[C@@H]3C[C@H]4CCO[C@H]43)cnc12. The zero-order valence-electron chi connectivity index (χ0n) is 19.1. The summed E-state index contributed by atoms with van der Waals surface area (Å²) in [6.45, 7) is 0.755. The molecule has 1 aliphatic heterocycles. The van der Waals surface area contributed by atoms with Crippen LogP contribution in [0.1, 0.15) is 23.3 Å². The third-order valence-corrected chi connectivity index (χ3v) is 6.75. The van der Waals surface area contributed by atoms with Crippen molar-refractivity contribution in [3.05, 3.63) is 77.0 Å². The van der Waals surface area contributed by atoms with Crippen molar-refractivity contribution < 1.29 is 9.53 Å². The van der Waals surface area contributed by atoms with Gasteiger partial charge in [-0.1, -0.05) is 18.2 Å². The lowest BCUT2D eigenvalue weighted by atomic mass is 9.77. The molecule has 10 nitrogen and oxygen atoms in total. The monoisotopic (exact) mass is 471 g/mol. The summed E-state index contributed by atoms with van der Waals surface area (Å²) in [7, 11) is 1.77. The van der Waals surface area contributed by atoms with E-state index < -0.39 is 0 Å². The molecular formula is C25H25N7O3. The number of rotatable bonds is 6. The molecular weight excluding hydrogens is 446 g/mol. The number of pyridine rings is 1. The molecule has 178 valence electrons. The molecule has 2 aliphatic rings. The van der Waals surface area contributed by atoms with Crippen LogP contribution in [0.25, 0.3) is 11.3 Å².